The number of anilines is 1. The third-order valence-electron chi connectivity index (χ3n) is 2.54. The number of nitro groups is 1. The first-order valence-electron chi connectivity index (χ1n) is 5.21. The maximum atomic E-state index is 13.0. The summed E-state index contributed by atoms with van der Waals surface area (Å²) < 4.78 is 39.0. The van der Waals surface area contributed by atoms with Gasteiger partial charge in [0.1, 0.15) is 12.0 Å². The molecule has 0 amide bonds. The molecular formula is C11H7F3N4O2. The summed E-state index contributed by atoms with van der Waals surface area (Å²) in [5.74, 6) is 0. The van der Waals surface area contributed by atoms with Crippen molar-refractivity contribution in [2.24, 2.45) is 0 Å². The number of alkyl halides is 3. The van der Waals surface area contributed by atoms with Crippen LogP contribution in [0.5, 0.6) is 0 Å². The number of nitrogen functional groups attached to an aromatic ring is 1. The van der Waals surface area contributed by atoms with Crippen molar-refractivity contribution >= 4 is 11.4 Å². The van der Waals surface area contributed by atoms with E-state index in [0.29, 0.717) is 6.07 Å². The van der Waals surface area contributed by atoms with Crippen LogP contribution < -0.4 is 5.73 Å². The molecule has 1 aromatic carbocycles. The third kappa shape index (κ3) is 2.51. The molecule has 0 aliphatic heterocycles. The summed E-state index contributed by atoms with van der Waals surface area (Å²) in [6, 6.07) is 1.32. The molecular weight excluding hydrogens is 277 g/mol. The van der Waals surface area contributed by atoms with Gasteiger partial charge in [0.2, 0.25) is 0 Å². The fourth-order valence-electron chi connectivity index (χ4n) is 1.67. The van der Waals surface area contributed by atoms with Crippen molar-refractivity contribution < 1.29 is 18.1 Å². The summed E-state index contributed by atoms with van der Waals surface area (Å²) in [7, 11) is 0. The molecule has 0 saturated carbocycles. The minimum Gasteiger partial charge on any atom is -0.393 e. The van der Waals surface area contributed by atoms with Crippen molar-refractivity contribution in [2.45, 2.75) is 6.18 Å². The van der Waals surface area contributed by atoms with E-state index in [1.54, 1.807) is 0 Å². The van der Waals surface area contributed by atoms with Crippen LogP contribution in [-0.4, -0.2) is 14.9 Å². The van der Waals surface area contributed by atoms with Gasteiger partial charge in [0.05, 0.1) is 10.5 Å². The lowest BCUT2D eigenvalue weighted by molar-refractivity contribution is -0.384. The molecule has 0 spiro atoms. The summed E-state index contributed by atoms with van der Waals surface area (Å²) in [5.41, 5.74) is 2.88. The molecule has 2 N–H and O–H groups in total. The first-order chi connectivity index (χ1) is 9.30. The van der Waals surface area contributed by atoms with Crippen LogP contribution in [0, 0.1) is 10.1 Å². The van der Waals surface area contributed by atoms with Gasteiger partial charge in [-0.25, -0.2) is 9.97 Å². The van der Waals surface area contributed by atoms with Crippen LogP contribution >= 0.6 is 0 Å². The molecule has 2 aromatic rings. The van der Waals surface area contributed by atoms with Crippen LogP contribution in [0.25, 0.3) is 11.1 Å². The lowest BCUT2D eigenvalue weighted by atomic mass is 10.00. The molecule has 20 heavy (non-hydrogen) atoms. The highest BCUT2D eigenvalue weighted by Crippen LogP contribution is 2.41. The summed E-state index contributed by atoms with van der Waals surface area (Å²) in [4.78, 5) is 17.0. The third-order valence-corrected chi connectivity index (χ3v) is 2.54. The van der Waals surface area contributed by atoms with Gasteiger partial charge in [-0.1, -0.05) is 0 Å². The Kier molecular flexibility index (Phi) is 3.26. The monoisotopic (exact) mass is 284 g/mol. The molecule has 1 aromatic heterocycles. The number of hydrogen-bond donors (Lipinski definition) is 1. The highest BCUT2D eigenvalue weighted by atomic mass is 19.4. The molecule has 9 heteroatoms. The summed E-state index contributed by atoms with van der Waals surface area (Å²) in [6.45, 7) is 0. The van der Waals surface area contributed by atoms with E-state index < -0.39 is 22.4 Å². The van der Waals surface area contributed by atoms with Crippen molar-refractivity contribution in [1.29, 1.82) is 0 Å². The van der Waals surface area contributed by atoms with Crippen LogP contribution in [0.4, 0.5) is 24.5 Å². The maximum Gasteiger partial charge on any atom is 0.417 e. The quantitative estimate of drug-likeness (QED) is 0.519. The van der Waals surface area contributed by atoms with Gasteiger partial charge < -0.3 is 5.73 Å². The lowest BCUT2D eigenvalue weighted by Gasteiger charge is -2.13. The van der Waals surface area contributed by atoms with Crippen molar-refractivity contribution in [1.82, 2.24) is 9.97 Å². The Balaban J connectivity index is 2.74. The number of nitrogens with two attached hydrogens (primary N) is 1. The molecule has 1 heterocycles. The molecule has 0 fully saturated rings. The van der Waals surface area contributed by atoms with Crippen molar-refractivity contribution in [3.63, 3.8) is 0 Å². The zero-order valence-electron chi connectivity index (χ0n) is 9.76. The number of nitrogens with zero attached hydrogens (tertiary/aromatic N) is 3. The van der Waals surface area contributed by atoms with Crippen LogP contribution in [0.3, 0.4) is 0 Å². The van der Waals surface area contributed by atoms with E-state index >= 15 is 0 Å². The van der Waals surface area contributed by atoms with Crippen LogP contribution in [-0.2, 0) is 6.18 Å². The number of hydrogen-bond acceptors (Lipinski definition) is 5. The second-order valence-electron chi connectivity index (χ2n) is 3.84. The summed E-state index contributed by atoms with van der Waals surface area (Å²) in [5, 5.41) is 10.7. The second-order valence-corrected chi connectivity index (χ2v) is 3.84. The largest absolute Gasteiger partial charge is 0.417 e. The summed E-state index contributed by atoms with van der Waals surface area (Å²) in [6.07, 6.45) is -1.26. The Morgan fingerprint density at radius 1 is 1.20 bits per heavy atom. The second kappa shape index (κ2) is 4.76. The van der Waals surface area contributed by atoms with E-state index in [9.17, 15) is 23.3 Å². The molecule has 0 bridgehead atoms. The van der Waals surface area contributed by atoms with Gasteiger partial charge in [-0.2, -0.15) is 13.2 Å². The Morgan fingerprint density at radius 2 is 1.80 bits per heavy atom. The Hall–Kier alpha value is -2.71. The molecule has 0 saturated heterocycles. The predicted molar refractivity (Wildman–Crippen MR) is 63.5 cm³/mol. The number of halogens is 3. The fraction of sp³-hybridized carbons (Fsp3) is 0.0909. The smallest absolute Gasteiger partial charge is 0.393 e. The van der Waals surface area contributed by atoms with Gasteiger partial charge >= 0.3 is 6.18 Å². The van der Waals surface area contributed by atoms with E-state index in [-0.39, 0.29) is 16.8 Å². The number of nitro benzene ring substituents is 1. The van der Waals surface area contributed by atoms with Gasteiger partial charge in [-0.15, -0.1) is 0 Å². The topological polar surface area (TPSA) is 94.9 Å². The van der Waals surface area contributed by atoms with Crippen LogP contribution in [0.2, 0.25) is 0 Å². The van der Waals surface area contributed by atoms with Gasteiger partial charge in [-0.3, -0.25) is 10.1 Å². The Morgan fingerprint density at radius 3 is 2.30 bits per heavy atom. The highest BCUT2D eigenvalue weighted by molar-refractivity contribution is 5.75. The van der Waals surface area contributed by atoms with Crippen LogP contribution in [0.1, 0.15) is 5.56 Å². The molecule has 0 unspecified atom stereocenters. The van der Waals surface area contributed by atoms with E-state index in [1.165, 1.54) is 12.4 Å². The average molecular weight is 284 g/mol. The van der Waals surface area contributed by atoms with E-state index in [0.717, 1.165) is 12.4 Å². The van der Waals surface area contributed by atoms with E-state index in [4.69, 9.17) is 5.73 Å². The molecule has 0 aliphatic rings. The minimum absolute atomic E-state index is 0.0708. The SMILES string of the molecule is Nc1cc(-c2cncnc2)c(C(F)(F)F)cc1[N+](=O)[O-]. The van der Waals surface area contributed by atoms with Crippen molar-refractivity contribution in [3.8, 4) is 11.1 Å². The maximum absolute atomic E-state index is 13.0. The Labute approximate surface area is 110 Å². The first kappa shape index (κ1) is 13.7. The number of rotatable bonds is 2. The molecule has 0 atom stereocenters. The van der Waals surface area contributed by atoms with Crippen LogP contribution in [0.15, 0.2) is 30.9 Å². The number of benzene rings is 1. The van der Waals surface area contributed by atoms with Crippen molar-refractivity contribution in [2.75, 3.05) is 5.73 Å². The Bertz CT molecular complexity index is 659. The minimum atomic E-state index is -4.76. The van der Waals surface area contributed by atoms with Gasteiger partial charge in [-0.05, 0) is 11.6 Å². The van der Waals surface area contributed by atoms with E-state index in [1.807, 2.05) is 0 Å². The standard InChI is InChI=1S/C11H7F3N4O2/c12-11(13,14)8-2-10(18(19)20)9(15)1-7(8)6-3-16-5-17-4-6/h1-5H,15H2. The first-order valence-corrected chi connectivity index (χ1v) is 5.21. The van der Waals surface area contributed by atoms with Crippen molar-refractivity contribution in [3.05, 3.63) is 46.5 Å². The highest BCUT2D eigenvalue weighted by Gasteiger charge is 2.36. The lowest BCUT2D eigenvalue weighted by Crippen LogP contribution is -2.09. The molecule has 104 valence electrons. The zero-order chi connectivity index (χ0) is 14.9. The molecule has 2 rings (SSSR count). The van der Waals surface area contributed by atoms with Gasteiger partial charge in [0.25, 0.3) is 5.69 Å². The summed E-state index contributed by atoms with van der Waals surface area (Å²) >= 11 is 0. The molecule has 6 nitrogen and oxygen atoms in total. The molecule has 0 aliphatic carbocycles. The van der Waals surface area contributed by atoms with Gasteiger partial charge in [0, 0.05) is 24.0 Å². The predicted octanol–water partition coefficient (Wildman–Crippen LogP) is 2.65. The normalized spacial score (nSPS) is 11.3. The number of aromatic nitrogens is 2. The average Bonchev–Trinajstić information content (AvgIpc) is 2.37. The van der Waals surface area contributed by atoms with E-state index in [2.05, 4.69) is 9.97 Å². The fourth-order valence-corrected chi connectivity index (χ4v) is 1.67. The van der Waals surface area contributed by atoms with Gasteiger partial charge in [0.15, 0.2) is 0 Å². The molecule has 0 radical (unpaired) electrons. The zero-order valence-corrected chi connectivity index (χ0v) is 9.76.